The summed E-state index contributed by atoms with van der Waals surface area (Å²) in [5.74, 6) is 0.450. The Morgan fingerprint density at radius 2 is 2.18 bits per heavy atom. The van der Waals surface area contributed by atoms with E-state index in [9.17, 15) is 9.59 Å². The molecule has 92 valence electrons. The molecule has 4 nitrogen and oxygen atoms in total. The fourth-order valence-corrected chi connectivity index (χ4v) is 1.98. The van der Waals surface area contributed by atoms with E-state index in [1.54, 1.807) is 6.08 Å². The molecule has 1 fully saturated rings. The van der Waals surface area contributed by atoms with Crippen molar-refractivity contribution in [3.05, 3.63) is 24.0 Å². The highest BCUT2D eigenvalue weighted by Crippen LogP contribution is 2.36. The van der Waals surface area contributed by atoms with Crippen LogP contribution >= 0.6 is 0 Å². The monoisotopic (exact) mass is 236 g/mol. The van der Waals surface area contributed by atoms with Gasteiger partial charge in [-0.05, 0) is 30.9 Å². The zero-order valence-electron chi connectivity index (χ0n) is 10.1. The topological polar surface area (TPSA) is 52.6 Å². The molecule has 0 aromatic rings. The van der Waals surface area contributed by atoms with Gasteiger partial charge >= 0.3 is 5.97 Å². The first-order valence-electron chi connectivity index (χ1n) is 5.82. The van der Waals surface area contributed by atoms with E-state index in [0.29, 0.717) is 18.1 Å². The van der Waals surface area contributed by atoms with Crippen molar-refractivity contribution in [2.24, 2.45) is 5.92 Å². The van der Waals surface area contributed by atoms with E-state index in [2.05, 4.69) is 13.8 Å². The van der Waals surface area contributed by atoms with Crippen molar-refractivity contribution in [2.75, 3.05) is 6.61 Å². The molecule has 0 radical (unpaired) electrons. The van der Waals surface area contributed by atoms with Crippen LogP contribution in [-0.2, 0) is 19.1 Å². The normalized spacial score (nSPS) is 27.4. The van der Waals surface area contributed by atoms with Gasteiger partial charge in [0.2, 0.25) is 0 Å². The first-order valence-corrected chi connectivity index (χ1v) is 5.82. The Labute approximate surface area is 100 Å². The van der Waals surface area contributed by atoms with E-state index in [4.69, 9.17) is 9.47 Å². The van der Waals surface area contributed by atoms with Crippen LogP contribution in [0.25, 0.3) is 0 Å². The molecule has 0 saturated carbocycles. The second-order valence-corrected chi connectivity index (χ2v) is 4.83. The summed E-state index contributed by atoms with van der Waals surface area (Å²) >= 11 is 0. The van der Waals surface area contributed by atoms with Crippen LogP contribution in [0.4, 0.5) is 0 Å². The minimum atomic E-state index is -0.854. The van der Waals surface area contributed by atoms with Crippen LogP contribution in [0.5, 0.6) is 0 Å². The lowest BCUT2D eigenvalue weighted by atomic mass is 9.87. The van der Waals surface area contributed by atoms with Gasteiger partial charge in [-0.25, -0.2) is 4.79 Å². The summed E-state index contributed by atoms with van der Waals surface area (Å²) in [5.41, 5.74) is -0.854. The minimum absolute atomic E-state index is 0.115. The van der Waals surface area contributed by atoms with Crippen molar-refractivity contribution in [3.8, 4) is 0 Å². The van der Waals surface area contributed by atoms with Crippen LogP contribution in [0, 0.1) is 5.92 Å². The lowest BCUT2D eigenvalue weighted by Crippen LogP contribution is -2.44. The van der Waals surface area contributed by atoms with Crippen LogP contribution in [0.2, 0.25) is 0 Å². The molecule has 1 heterocycles. The summed E-state index contributed by atoms with van der Waals surface area (Å²) in [6.45, 7) is 4.09. The standard InChI is InChI=1S/C13H16O4/c1-9(2)3-5-13-6-4-10(14)7-11(13)16-8-12(15)17-13/h4,6-7,9H,3,5,8H2,1-2H3/t13-/m0/s1. The maximum absolute atomic E-state index is 11.4. The van der Waals surface area contributed by atoms with Crippen LogP contribution < -0.4 is 0 Å². The number of fused-ring (bicyclic) bond motifs is 1. The Hall–Kier alpha value is -1.58. The zero-order chi connectivity index (χ0) is 12.5. The highest BCUT2D eigenvalue weighted by atomic mass is 16.6. The third kappa shape index (κ3) is 2.40. The van der Waals surface area contributed by atoms with Crippen molar-refractivity contribution in [3.63, 3.8) is 0 Å². The average molecular weight is 236 g/mol. The van der Waals surface area contributed by atoms with Crippen LogP contribution in [-0.4, -0.2) is 24.0 Å². The lowest BCUT2D eigenvalue weighted by Gasteiger charge is -2.37. The lowest BCUT2D eigenvalue weighted by molar-refractivity contribution is -0.171. The summed E-state index contributed by atoms with van der Waals surface area (Å²) in [6.07, 6.45) is 6.03. The largest absolute Gasteiger partial charge is 0.481 e. The van der Waals surface area contributed by atoms with Gasteiger partial charge in [0.05, 0.1) is 0 Å². The van der Waals surface area contributed by atoms with Crippen LogP contribution in [0.3, 0.4) is 0 Å². The number of ether oxygens (including phenoxy) is 2. The van der Waals surface area contributed by atoms with Gasteiger partial charge in [-0.15, -0.1) is 0 Å². The number of carbonyl (C=O) groups is 2. The van der Waals surface area contributed by atoms with E-state index in [-0.39, 0.29) is 18.4 Å². The number of rotatable bonds is 3. The summed E-state index contributed by atoms with van der Waals surface area (Å²) < 4.78 is 10.7. The average Bonchev–Trinajstić information content (AvgIpc) is 2.27. The second kappa shape index (κ2) is 4.35. The maximum Gasteiger partial charge on any atom is 0.345 e. The molecule has 2 rings (SSSR count). The van der Waals surface area contributed by atoms with E-state index < -0.39 is 5.60 Å². The molecular weight excluding hydrogens is 220 g/mol. The van der Waals surface area contributed by atoms with Crippen molar-refractivity contribution in [1.29, 1.82) is 0 Å². The number of ketones is 1. The second-order valence-electron chi connectivity index (χ2n) is 4.83. The van der Waals surface area contributed by atoms with E-state index >= 15 is 0 Å². The van der Waals surface area contributed by atoms with Gasteiger partial charge in [-0.3, -0.25) is 4.79 Å². The molecule has 0 aromatic carbocycles. The summed E-state index contributed by atoms with van der Waals surface area (Å²) in [6, 6.07) is 0. The van der Waals surface area contributed by atoms with E-state index in [1.165, 1.54) is 12.2 Å². The highest BCUT2D eigenvalue weighted by Gasteiger charge is 2.43. The van der Waals surface area contributed by atoms with Gasteiger partial charge in [0.15, 0.2) is 18.0 Å². The molecule has 1 atom stereocenters. The Balaban J connectivity index is 2.24. The Kier molecular flexibility index (Phi) is 3.05. The maximum atomic E-state index is 11.4. The van der Waals surface area contributed by atoms with Crippen LogP contribution in [0.1, 0.15) is 26.7 Å². The quantitative estimate of drug-likeness (QED) is 0.701. The summed E-state index contributed by atoms with van der Waals surface area (Å²) in [4.78, 5) is 22.7. The third-order valence-corrected chi connectivity index (χ3v) is 2.94. The van der Waals surface area contributed by atoms with Crippen molar-refractivity contribution in [2.45, 2.75) is 32.3 Å². The first-order chi connectivity index (χ1) is 8.02. The first kappa shape index (κ1) is 11.9. The van der Waals surface area contributed by atoms with Gasteiger partial charge < -0.3 is 9.47 Å². The number of carbonyl (C=O) groups excluding carboxylic acids is 2. The van der Waals surface area contributed by atoms with Gasteiger partial charge in [-0.1, -0.05) is 13.8 Å². The number of hydrogen-bond donors (Lipinski definition) is 0. The van der Waals surface area contributed by atoms with Crippen molar-refractivity contribution < 1.29 is 19.1 Å². The molecule has 2 aliphatic rings. The third-order valence-electron chi connectivity index (χ3n) is 2.94. The molecular formula is C13H16O4. The molecule has 1 saturated heterocycles. The fraction of sp³-hybridized carbons (Fsp3) is 0.538. The van der Waals surface area contributed by atoms with Crippen LogP contribution in [0.15, 0.2) is 24.0 Å². The van der Waals surface area contributed by atoms with Crippen molar-refractivity contribution in [1.82, 2.24) is 0 Å². The number of allylic oxidation sites excluding steroid dienone is 2. The summed E-state index contributed by atoms with van der Waals surface area (Å²) in [5, 5.41) is 0. The van der Waals surface area contributed by atoms with E-state index in [1.807, 2.05) is 0 Å². The molecule has 0 bridgehead atoms. The summed E-state index contributed by atoms with van der Waals surface area (Å²) in [7, 11) is 0. The van der Waals surface area contributed by atoms with Gasteiger partial charge in [-0.2, -0.15) is 0 Å². The number of hydrogen-bond acceptors (Lipinski definition) is 4. The zero-order valence-corrected chi connectivity index (χ0v) is 10.1. The Morgan fingerprint density at radius 1 is 1.41 bits per heavy atom. The molecule has 0 N–H and O–H groups in total. The number of esters is 1. The Bertz CT molecular complexity index is 406. The molecule has 0 unspecified atom stereocenters. The minimum Gasteiger partial charge on any atom is -0.481 e. The molecule has 1 aliphatic heterocycles. The van der Waals surface area contributed by atoms with Crippen molar-refractivity contribution >= 4 is 11.8 Å². The highest BCUT2D eigenvalue weighted by molar-refractivity contribution is 6.01. The molecule has 0 spiro atoms. The van der Waals surface area contributed by atoms with E-state index in [0.717, 1.165) is 6.42 Å². The smallest absolute Gasteiger partial charge is 0.345 e. The predicted molar refractivity (Wildman–Crippen MR) is 61.1 cm³/mol. The van der Waals surface area contributed by atoms with Gasteiger partial charge in [0.1, 0.15) is 5.76 Å². The predicted octanol–water partition coefficient (Wildman–Crippen LogP) is 1.76. The molecule has 0 amide bonds. The fourth-order valence-electron chi connectivity index (χ4n) is 1.98. The molecule has 4 heteroatoms. The van der Waals surface area contributed by atoms with Gasteiger partial charge in [0, 0.05) is 6.08 Å². The SMILES string of the molecule is CC(C)CC[C@]12C=CC(=O)C=C1OCC(=O)O2. The molecule has 17 heavy (non-hydrogen) atoms. The Morgan fingerprint density at radius 3 is 2.88 bits per heavy atom. The molecule has 0 aromatic heterocycles. The van der Waals surface area contributed by atoms with Gasteiger partial charge in [0.25, 0.3) is 0 Å². The molecule has 1 aliphatic carbocycles.